The summed E-state index contributed by atoms with van der Waals surface area (Å²) >= 11 is 0. The number of rotatable bonds is 2. The molecule has 0 aliphatic carbocycles. The summed E-state index contributed by atoms with van der Waals surface area (Å²) in [4.78, 5) is 2.39. The minimum Gasteiger partial charge on any atom is -0.317 e. The van der Waals surface area contributed by atoms with E-state index in [0.29, 0.717) is 18.0 Å². The summed E-state index contributed by atoms with van der Waals surface area (Å²) in [6.07, 6.45) is 6.54. The molecule has 0 saturated carbocycles. The number of nitrogens with one attached hydrogen (secondary N) is 1. The third-order valence-electron chi connectivity index (χ3n) is 3.36. The molecule has 0 bridgehead atoms. The number of hydrogen-bond donors (Lipinski definition) is 1. The monoisotopic (exact) mass is 180 g/mol. The van der Waals surface area contributed by atoms with E-state index < -0.39 is 0 Å². The van der Waals surface area contributed by atoms with Crippen molar-refractivity contribution in [3.05, 3.63) is 0 Å². The van der Waals surface area contributed by atoms with Crippen LogP contribution in [0.3, 0.4) is 0 Å². The molecule has 1 fully saturated rings. The molecule has 1 N–H and O–H groups in total. The third kappa shape index (κ3) is 2.24. The summed E-state index contributed by atoms with van der Waals surface area (Å²) in [6.45, 7) is 6.49. The Morgan fingerprint density at radius 1 is 1.54 bits per heavy atom. The van der Waals surface area contributed by atoms with Crippen molar-refractivity contribution in [2.45, 2.75) is 32.4 Å². The summed E-state index contributed by atoms with van der Waals surface area (Å²) < 4.78 is 0. The van der Waals surface area contributed by atoms with Crippen molar-refractivity contribution in [2.24, 2.45) is 5.92 Å². The second-order valence-corrected chi connectivity index (χ2v) is 3.96. The Balaban J connectivity index is 2.54. The second-order valence-electron chi connectivity index (χ2n) is 3.96. The Kier molecular flexibility index (Phi) is 3.77. The van der Waals surface area contributed by atoms with Crippen LogP contribution in [0, 0.1) is 18.3 Å². The second kappa shape index (κ2) is 4.64. The van der Waals surface area contributed by atoms with Crippen molar-refractivity contribution < 1.29 is 0 Å². The van der Waals surface area contributed by atoms with Crippen LogP contribution in [0.5, 0.6) is 0 Å². The van der Waals surface area contributed by atoms with E-state index in [-0.39, 0.29) is 0 Å². The lowest BCUT2D eigenvalue weighted by atomic mass is 9.87. The van der Waals surface area contributed by atoms with Gasteiger partial charge < -0.3 is 5.32 Å². The Labute approximate surface area is 81.7 Å². The fourth-order valence-corrected chi connectivity index (χ4v) is 2.19. The fourth-order valence-electron chi connectivity index (χ4n) is 2.19. The van der Waals surface area contributed by atoms with Crippen molar-refractivity contribution in [2.75, 3.05) is 20.1 Å². The highest BCUT2D eigenvalue weighted by Crippen LogP contribution is 2.22. The zero-order chi connectivity index (χ0) is 9.84. The minimum atomic E-state index is 0.599. The highest BCUT2D eigenvalue weighted by molar-refractivity contribution is 4.95. The van der Waals surface area contributed by atoms with E-state index in [4.69, 9.17) is 6.42 Å². The first-order valence-corrected chi connectivity index (χ1v) is 5.05. The molecule has 1 saturated heterocycles. The van der Waals surface area contributed by atoms with Gasteiger partial charge in [-0.15, -0.1) is 6.42 Å². The van der Waals surface area contributed by atoms with E-state index in [1.54, 1.807) is 0 Å². The van der Waals surface area contributed by atoms with Gasteiger partial charge in [-0.3, -0.25) is 4.90 Å². The molecule has 74 valence electrons. The van der Waals surface area contributed by atoms with E-state index >= 15 is 0 Å². The fraction of sp³-hybridized carbons (Fsp3) is 0.818. The SMILES string of the molecule is C#CCN1CCC(NC)C(C)C1C. The van der Waals surface area contributed by atoms with E-state index in [0.717, 1.165) is 13.1 Å². The Morgan fingerprint density at radius 3 is 2.77 bits per heavy atom. The molecule has 1 heterocycles. The number of hydrogen-bond acceptors (Lipinski definition) is 2. The predicted octanol–water partition coefficient (Wildman–Crippen LogP) is 0.938. The van der Waals surface area contributed by atoms with Crippen LogP contribution >= 0.6 is 0 Å². The van der Waals surface area contributed by atoms with Gasteiger partial charge >= 0.3 is 0 Å². The predicted molar refractivity (Wildman–Crippen MR) is 56.5 cm³/mol. The highest BCUT2D eigenvalue weighted by atomic mass is 15.2. The molecule has 0 spiro atoms. The van der Waals surface area contributed by atoms with Gasteiger partial charge in [0, 0.05) is 18.6 Å². The number of likely N-dealkylation sites (tertiary alicyclic amines) is 1. The Bertz CT molecular complexity index is 195. The molecule has 2 heteroatoms. The first-order valence-electron chi connectivity index (χ1n) is 5.05. The smallest absolute Gasteiger partial charge is 0.0601 e. The van der Waals surface area contributed by atoms with Gasteiger partial charge in [0.05, 0.1) is 6.54 Å². The van der Waals surface area contributed by atoms with Crippen LogP contribution < -0.4 is 5.32 Å². The maximum absolute atomic E-state index is 5.33. The van der Waals surface area contributed by atoms with Gasteiger partial charge in [-0.1, -0.05) is 12.8 Å². The lowest BCUT2D eigenvalue weighted by molar-refractivity contribution is 0.101. The van der Waals surface area contributed by atoms with Crippen molar-refractivity contribution in [1.82, 2.24) is 10.2 Å². The van der Waals surface area contributed by atoms with Gasteiger partial charge in [-0.05, 0) is 26.3 Å². The van der Waals surface area contributed by atoms with Gasteiger partial charge in [-0.25, -0.2) is 0 Å². The topological polar surface area (TPSA) is 15.3 Å². The van der Waals surface area contributed by atoms with Crippen LogP contribution in [0.15, 0.2) is 0 Å². The van der Waals surface area contributed by atoms with E-state index in [1.807, 2.05) is 7.05 Å². The minimum absolute atomic E-state index is 0.599. The molecule has 2 nitrogen and oxygen atoms in total. The average molecular weight is 180 g/mol. The zero-order valence-corrected chi connectivity index (χ0v) is 8.88. The van der Waals surface area contributed by atoms with Gasteiger partial charge in [0.25, 0.3) is 0 Å². The van der Waals surface area contributed by atoms with E-state index in [2.05, 4.69) is 30.0 Å². The molecule has 1 aliphatic heterocycles. The quantitative estimate of drug-likeness (QED) is 0.636. The summed E-state index contributed by atoms with van der Waals surface area (Å²) in [7, 11) is 2.05. The van der Waals surface area contributed by atoms with Crippen LogP contribution in [0.1, 0.15) is 20.3 Å². The molecule has 0 aromatic heterocycles. The van der Waals surface area contributed by atoms with Gasteiger partial charge in [0.1, 0.15) is 0 Å². The van der Waals surface area contributed by atoms with Crippen LogP contribution in [-0.2, 0) is 0 Å². The Hall–Kier alpha value is -0.520. The Morgan fingerprint density at radius 2 is 2.23 bits per heavy atom. The van der Waals surface area contributed by atoms with Crippen molar-refractivity contribution in [3.63, 3.8) is 0 Å². The first kappa shape index (κ1) is 10.6. The zero-order valence-electron chi connectivity index (χ0n) is 8.88. The molecule has 13 heavy (non-hydrogen) atoms. The lowest BCUT2D eigenvalue weighted by Gasteiger charge is -2.41. The molecule has 0 aromatic rings. The van der Waals surface area contributed by atoms with Gasteiger partial charge in [-0.2, -0.15) is 0 Å². The molecular formula is C11H20N2. The summed E-state index contributed by atoms with van der Waals surface area (Å²) in [5.74, 6) is 3.41. The first-order chi connectivity index (χ1) is 6.20. The maximum atomic E-state index is 5.33. The molecule has 1 rings (SSSR count). The standard InChI is InChI=1S/C11H20N2/c1-5-7-13-8-6-11(12-4)9(2)10(13)3/h1,9-12H,6-8H2,2-4H3. The lowest BCUT2D eigenvalue weighted by Crippen LogP contribution is -2.52. The highest BCUT2D eigenvalue weighted by Gasteiger charge is 2.30. The normalized spacial score (nSPS) is 35.7. The van der Waals surface area contributed by atoms with Crippen LogP contribution in [0.2, 0.25) is 0 Å². The largest absolute Gasteiger partial charge is 0.317 e. The van der Waals surface area contributed by atoms with Crippen LogP contribution in [0.4, 0.5) is 0 Å². The van der Waals surface area contributed by atoms with Crippen LogP contribution in [-0.4, -0.2) is 37.1 Å². The molecule has 0 aromatic carbocycles. The number of nitrogens with zero attached hydrogens (tertiary/aromatic N) is 1. The molecular weight excluding hydrogens is 160 g/mol. The molecule has 0 amide bonds. The summed E-state index contributed by atoms with van der Waals surface area (Å²) in [5, 5.41) is 3.37. The molecule has 0 radical (unpaired) electrons. The van der Waals surface area contributed by atoms with E-state index in [1.165, 1.54) is 6.42 Å². The molecule has 1 aliphatic rings. The van der Waals surface area contributed by atoms with Crippen molar-refractivity contribution >= 4 is 0 Å². The summed E-state index contributed by atoms with van der Waals surface area (Å²) in [5.41, 5.74) is 0. The van der Waals surface area contributed by atoms with E-state index in [9.17, 15) is 0 Å². The average Bonchev–Trinajstić information content (AvgIpc) is 2.14. The maximum Gasteiger partial charge on any atom is 0.0601 e. The third-order valence-corrected chi connectivity index (χ3v) is 3.36. The molecule has 3 unspecified atom stereocenters. The van der Waals surface area contributed by atoms with Crippen molar-refractivity contribution in [3.8, 4) is 12.3 Å². The van der Waals surface area contributed by atoms with Gasteiger partial charge in [0.15, 0.2) is 0 Å². The number of terminal acetylenes is 1. The molecule has 3 atom stereocenters. The summed E-state index contributed by atoms with van der Waals surface area (Å²) in [6, 6.07) is 1.26. The number of piperidine rings is 1. The van der Waals surface area contributed by atoms with Gasteiger partial charge in [0.2, 0.25) is 0 Å². The van der Waals surface area contributed by atoms with Crippen molar-refractivity contribution in [1.29, 1.82) is 0 Å². The van der Waals surface area contributed by atoms with Crippen LogP contribution in [0.25, 0.3) is 0 Å².